The first-order valence-electron chi connectivity index (χ1n) is 6.10. The predicted octanol–water partition coefficient (Wildman–Crippen LogP) is 0.331. The van der Waals surface area contributed by atoms with Crippen molar-refractivity contribution >= 4 is 11.8 Å². The number of likely N-dealkylation sites (N-methyl/N-ethyl adjacent to an activating group) is 1. The molecule has 5 heteroatoms. The van der Waals surface area contributed by atoms with E-state index in [9.17, 15) is 9.59 Å². The number of hydrogen-bond donors (Lipinski definition) is 2. The van der Waals surface area contributed by atoms with E-state index >= 15 is 0 Å². The van der Waals surface area contributed by atoms with Crippen LogP contribution in [0.4, 0.5) is 0 Å². The van der Waals surface area contributed by atoms with Gasteiger partial charge in [-0.1, -0.05) is 13.8 Å². The highest BCUT2D eigenvalue weighted by Gasteiger charge is 2.16. The number of rotatable bonds is 8. The number of nitrogens with zero attached hydrogens (tertiary/aromatic N) is 1. The fourth-order valence-electron chi connectivity index (χ4n) is 1.85. The Morgan fingerprint density at radius 3 is 2.24 bits per heavy atom. The molecule has 0 heterocycles. The summed E-state index contributed by atoms with van der Waals surface area (Å²) in [5.41, 5.74) is 10.6. The van der Waals surface area contributed by atoms with Crippen LogP contribution in [0.5, 0.6) is 0 Å². The quantitative estimate of drug-likeness (QED) is 0.644. The molecule has 100 valence electrons. The molecule has 0 radical (unpaired) electrons. The summed E-state index contributed by atoms with van der Waals surface area (Å²) in [4.78, 5) is 23.7. The van der Waals surface area contributed by atoms with Gasteiger partial charge in [0.1, 0.15) is 0 Å². The average molecular weight is 243 g/mol. The predicted molar refractivity (Wildman–Crippen MR) is 68.1 cm³/mol. The van der Waals surface area contributed by atoms with Crippen LogP contribution in [0.3, 0.4) is 0 Å². The molecule has 0 aliphatic rings. The van der Waals surface area contributed by atoms with E-state index in [0.717, 1.165) is 12.8 Å². The van der Waals surface area contributed by atoms with Crippen LogP contribution in [0.1, 0.15) is 33.1 Å². The van der Waals surface area contributed by atoms with Crippen molar-refractivity contribution in [3.8, 4) is 0 Å². The molecule has 0 aliphatic carbocycles. The first-order valence-corrected chi connectivity index (χ1v) is 6.10. The third-order valence-electron chi connectivity index (χ3n) is 3.03. The first kappa shape index (κ1) is 15.9. The van der Waals surface area contributed by atoms with Gasteiger partial charge in [0.2, 0.25) is 11.8 Å². The van der Waals surface area contributed by atoms with Crippen molar-refractivity contribution < 1.29 is 9.59 Å². The third-order valence-corrected chi connectivity index (χ3v) is 3.03. The third kappa shape index (κ3) is 6.94. The average Bonchev–Trinajstić information content (AvgIpc) is 2.22. The van der Waals surface area contributed by atoms with Crippen molar-refractivity contribution in [2.24, 2.45) is 23.3 Å². The Morgan fingerprint density at radius 2 is 1.82 bits per heavy atom. The molecule has 0 saturated heterocycles. The Kier molecular flexibility index (Phi) is 7.54. The summed E-state index contributed by atoms with van der Waals surface area (Å²) >= 11 is 0. The molecule has 17 heavy (non-hydrogen) atoms. The Balaban J connectivity index is 4.07. The lowest BCUT2D eigenvalue weighted by Crippen LogP contribution is -2.35. The van der Waals surface area contributed by atoms with Crippen molar-refractivity contribution in [2.75, 3.05) is 20.1 Å². The maximum atomic E-state index is 11.7. The zero-order valence-corrected chi connectivity index (χ0v) is 11.1. The van der Waals surface area contributed by atoms with Crippen LogP contribution < -0.4 is 11.5 Å². The van der Waals surface area contributed by atoms with E-state index in [1.165, 1.54) is 4.90 Å². The van der Waals surface area contributed by atoms with Gasteiger partial charge in [-0.3, -0.25) is 9.59 Å². The molecule has 0 saturated carbocycles. The number of nitrogens with two attached hydrogens (primary N) is 2. The second-order valence-corrected chi connectivity index (χ2v) is 4.84. The summed E-state index contributed by atoms with van der Waals surface area (Å²) in [6.45, 7) is 4.91. The highest BCUT2D eigenvalue weighted by atomic mass is 16.2. The Bertz CT molecular complexity index is 254. The minimum Gasteiger partial charge on any atom is -0.368 e. The second kappa shape index (κ2) is 8.06. The first-order chi connectivity index (χ1) is 7.88. The Hall–Kier alpha value is -1.10. The summed E-state index contributed by atoms with van der Waals surface area (Å²) in [6.07, 6.45) is 2.20. The van der Waals surface area contributed by atoms with Gasteiger partial charge in [0.25, 0.3) is 0 Å². The lowest BCUT2D eigenvalue weighted by molar-refractivity contribution is -0.134. The molecule has 2 amide bonds. The molecule has 0 aromatic rings. The smallest absolute Gasteiger partial charge is 0.237 e. The number of amides is 2. The highest BCUT2D eigenvalue weighted by molar-refractivity contribution is 5.83. The van der Waals surface area contributed by atoms with Gasteiger partial charge in [0.15, 0.2) is 0 Å². The molecule has 0 rings (SSSR count). The van der Waals surface area contributed by atoms with E-state index in [2.05, 4.69) is 13.8 Å². The van der Waals surface area contributed by atoms with E-state index in [-0.39, 0.29) is 12.5 Å². The highest BCUT2D eigenvalue weighted by Crippen LogP contribution is 2.20. The van der Waals surface area contributed by atoms with Crippen molar-refractivity contribution in [3.05, 3.63) is 0 Å². The van der Waals surface area contributed by atoms with Gasteiger partial charge in [-0.25, -0.2) is 0 Å². The van der Waals surface area contributed by atoms with Gasteiger partial charge in [0, 0.05) is 13.5 Å². The van der Waals surface area contributed by atoms with E-state index in [1.54, 1.807) is 7.05 Å². The fraction of sp³-hybridized carbons (Fsp3) is 0.833. The molecule has 4 N–H and O–H groups in total. The molecule has 1 unspecified atom stereocenters. The monoisotopic (exact) mass is 243 g/mol. The molecular weight excluding hydrogens is 218 g/mol. The lowest BCUT2D eigenvalue weighted by Gasteiger charge is -2.21. The van der Waals surface area contributed by atoms with Crippen molar-refractivity contribution in [1.82, 2.24) is 4.90 Å². The minimum atomic E-state index is -0.483. The van der Waals surface area contributed by atoms with Crippen molar-refractivity contribution in [2.45, 2.75) is 33.1 Å². The Labute approximate surface area is 104 Å². The van der Waals surface area contributed by atoms with Crippen LogP contribution in [-0.4, -0.2) is 36.9 Å². The molecule has 5 nitrogen and oxygen atoms in total. The van der Waals surface area contributed by atoms with Gasteiger partial charge in [-0.15, -0.1) is 0 Å². The van der Waals surface area contributed by atoms with Gasteiger partial charge in [-0.2, -0.15) is 0 Å². The maximum Gasteiger partial charge on any atom is 0.237 e. The number of primary amides is 1. The molecule has 0 fully saturated rings. The number of carbonyl (C=O) groups is 2. The Morgan fingerprint density at radius 1 is 1.24 bits per heavy atom. The van der Waals surface area contributed by atoms with Crippen LogP contribution in [0.15, 0.2) is 0 Å². The summed E-state index contributed by atoms with van der Waals surface area (Å²) in [5.74, 6) is 0.466. The van der Waals surface area contributed by atoms with Crippen LogP contribution in [-0.2, 0) is 9.59 Å². The minimum absolute atomic E-state index is 0.0118. The van der Waals surface area contributed by atoms with E-state index in [4.69, 9.17) is 11.5 Å². The summed E-state index contributed by atoms with van der Waals surface area (Å²) in [5, 5.41) is 0. The molecular formula is C12H25N3O2. The van der Waals surface area contributed by atoms with Crippen LogP contribution in [0, 0.1) is 11.8 Å². The second-order valence-electron chi connectivity index (χ2n) is 4.84. The maximum absolute atomic E-state index is 11.7. The lowest BCUT2D eigenvalue weighted by atomic mass is 9.88. The molecule has 0 aliphatic heterocycles. The molecule has 1 atom stereocenters. The standard InChI is InChI=1S/C12H25N3O2/c1-9(2)10(6-7-13)4-5-12(17)15(3)8-11(14)16/h9-10H,4-8,13H2,1-3H3,(H2,14,16). The van der Waals surface area contributed by atoms with Gasteiger partial charge < -0.3 is 16.4 Å². The van der Waals surface area contributed by atoms with Crippen molar-refractivity contribution in [3.63, 3.8) is 0 Å². The molecule has 0 aromatic carbocycles. The fourth-order valence-corrected chi connectivity index (χ4v) is 1.85. The summed E-state index contributed by atoms with van der Waals surface area (Å²) in [7, 11) is 1.60. The SMILES string of the molecule is CC(C)C(CCN)CCC(=O)N(C)CC(N)=O. The van der Waals surface area contributed by atoms with Crippen LogP contribution in [0.25, 0.3) is 0 Å². The topological polar surface area (TPSA) is 89.4 Å². The number of hydrogen-bond acceptors (Lipinski definition) is 3. The van der Waals surface area contributed by atoms with E-state index < -0.39 is 5.91 Å². The zero-order valence-electron chi connectivity index (χ0n) is 11.1. The van der Waals surface area contributed by atoms with E-state index in [0.29, 0.717) is 24.8 Å². The van der Waals surface area contributed by atoms with Gasteiger partial charge >= 0.3 is 0 Å². The molecule has 0 spiro atoms. The molecule has 0 bridgehead atoms. The van der Waals surface area contributed by atoms with Crippen molar-refractivity contribution in [1.29, 1.82) is 0 Å². The van der Waals surface area contributed by atoms with Gasteiger partial charge in [0.05, 0.1) is 6.54 Å². The van der Waals surface area contributed by atoms with E-state index in [1.807, 2.05) is 0 Å². The largest absolute Gasteiger partial charge is 0.368 e. The van der Waals surface area contributed by atoms with Crippen LogP contribution in [0.2, 0.25) is 0 Å². The number of carbonyl (C=O) groups excluding carboxylic acids is 2. The molecule has 0 aromatic heterocycles. The normalized spacial score (nSPS) is 12.5. The van der Waals surface area contributed by atoms with Gasteiger partial charge in [-0.05, 0) is 31.2 Å². The summed E-state index contributed by atoms with van der Waals surface area (Å²) in [6, 6.07) is 0. The zero-order chi connectivity index (χ0) is 13.4. The van der Waals surface area contributed by atoms with Crippen LogP contribution >= 0.6 is 0 Å². The summed E-state index contributed by atoms with van der Waals surface area (Å²) < 4.78 is 0.